The van der Waals surface area contributed by atoms with Crippen LogP contribution in [-0.2, 0) is 35.6 Å². The first-order chi connectivity index (χ1) is 20.4. The zero-order valence-electron chi connectivity index (χ0n) is 29.9. The van der Waals surface area contributed by atoms with Gasteiger partial charge >= 0.3 is 17.1 Å². The number of hydrogen-bond acceptors (Lipinski definition) is 2. The first-order valence-corrected chi connectivity index (χ1v) is 20.5. The van der Waals surface area contributed by atoms with E-state index in [0.29, 0.717) is 10.3 Å². The van der Waals surface area contributed by atoms with Crippen molar-refractivity contribution in [1.29, 1.82) is 0 Å². The normalized spacial score (nSPS) is 12.7. The van der Waals surface area contributed by atoms with E-state index in [9.17, 15) is 0 Å². The SMILES string of the molecule is CC(C)(C)P(Cc1c(CP(c2ccccn2)c2ccccn2)cc[c-]1CP(C(C)(C)C)C(C)(C)C)C(C)(C)C.[Fe+2].c1cc[cH-]c1. The summed E-state index contributed by atoms with van der Waals surface area (Å²) in [5.74, 6) is 0. The summed E-state index contributed by atoms with van der Waals surface area (Å²) in [6, 6.07) is 27.6. The molecule has 45 heavy (non-hydrogen) atoms. The fraction of sp³-hybridized carbons (Fsp3) is 0.487. The third-order valence-corrected chi connectivity index (χ3v) is 17.9. The van der Waals surface area contributed by atoms with Crippen LogP contribution in [0.3, 0.4) is 0 Å². The zero-order valence-corrected chi connectivity index (χ0v) is 33.7. The molecule has 0 bridgehead atoms. The number of hydrogen-bond donors (Lipinski definition) is 0. The molecule has 0 N–H and O–H groups in total. The van der Waals surface area contributed by atoms with Gasteiger partial charge in [0.25, 0.3) is 0 Å². The van der Waals surface area contributed by atoms with Gasteiger partial charge in [0.05, 0.1) is 10.9 Å². The van der Waals surface area contributed by atoms with E-state index in [1.54, 1.807) is 11.1 Å². The van der Waals surface area contributed by atoms with Gasteiger partial charge in [0.2, 0.25) is 0 Å². The van der Waals surface area contributed by atoms with Crippen molar-refractivity contribution in [2.24, 2.45) is 0 Å². The summed E-state index contributed by atoms with van der Waals surface area (Å²) in [7, 11) is -1.17. The van der Waals surface area contributed by atoms with Crippen LogP contribution in [0.2, 0.25) is 0 Å². The topological polar surface area (TPSA) is 25.8 Å². The molecular formula is C39H57FeN2P3. The van der Waals surface area contributed by atoms with Crippen molar-refractivity contribution < 1.29 is 17.1 Å². The molecule has 0 unspecified atom stereocenters. The Morgan fingerprint density at radius 1 is 0.600 bits per heavy atom. The predicted octanol–water partition coefficient (Wildman–Crippen LogP) is 11.4. The maximum Gasteiger partial charge on any atom is 2.00 e. The molecule has 0 radical (unpaired) electrons. The number of nitrogens with zero attached hydrogens (tertiary/aromatic N) is 2. The molecule has 2 aromatic heterocycles. The second-order valence-electron chi connectivity index (χ2n) is 15.6. The van der Waals surface area contributed by atoms with E-state index in [1.807, 2.05) is 54.9 Å². The number of aromatic nitrogens is 2. The summed E-state index contributed by atoms with van der Waals surface area (Å²) >= 11 is 0. The van der Waals surface area contributed by atoms with Gasteiger partial charge in [0.1, 0.15) is 0 Å². The van der Waals surface area contributed by atoms with Gasteiger partial charge in [-0.1, -0.05) is 115 Å². The van der Waals surface area contributed by atoms with E-state index >= 15 is 0 Å². The summed E-state index contributed by atoms with van der Waals surface area (Å²) in [6.45, 7) is 29.4. The monoisotopic (exact) mass is 702 g/mol. The zero-order chi connectivity index (χ0) is 32.8. The van der Waals surface area contributed by atoms with Crippen LogP contribution in [0.4, 0.5) is 0 Å². The Labute approximate surface area is 290 Å². The fourth-order valence-electron chi connectivity index (χ4n) is 6.19. The molecule has 2 nitrogen and oxygen atoms in total. The number of pyridine rings is 2. The van der Waals surface area contributed by atoms with Crippen molar-refractivity contribution in [3.05, 3.63) is 108 Å². The van der Waals surface area contributed by atoms with Crippen molar-refractivity contribution >= 4 is 34.6 Å². The first-order valence-electron chi connectivity index (χ1n) is 16.0. The van der Waals surface area contributed by atoms with Crippen LogP contribution in [0.15, 0.2) is 91.3 Å². The summed E-state index contributed by atoms with van der Waals surface area (Å²) in [4.78, 5) is 9.67. The van der Waals surface area contributed by atoms with Gasteiger partial charge in [-0.15, -0.1) is 13.5 Å². The largest absolute Gasteiger partial charge is 2.00 e. The molecule has 0 aliphatic rings. The van der Waals surface area contributed by atoms with Crippen LogP contribution in [0.5, 0.6) is 0 Å². The molecule has 0 aliphatic carbocycles. The molecule has 2 aromatic carbocycles. The Balaban J connectivity index is 0.00000107. The molecule has 0 saturated heterocycles. The Hall–Kier alpha value is -1.19. The van der Waals surface area contributed by atoms with Crippen molar-refractivity contribution in [3.8, 4) is 0 Å². The Morgan fingerprint density at radius 3 is 1.42 bits per heavy atom. The smallest absolute Gasteiger partial charge is 0.256 e. The maximum atomic E-state index is 4.84. The van der Waals surface area contributed by atoms with Gasteiger partial charge < -0.3 is 0 Å². The quantitative estimate of drug-likeness (QED) is 0.104. The Morgan fingerprint density at radius 2 is 1.07 bits per heavy atom. The van der Waals surface area contributed by atoms with Gasteiger partial charge in [-0.05, 0) is 59.0 Å². The summed E-state index contributed by atoms with van der Waals surface area (Å²) < 4.78 is 0. The second-order valence-corrected chi connectivity index (χ2v) is 25.4. The van der Waals surface area contributed by atoms with E-state index < -0.39 is 7.92 Å². The van der Waals surface area contributed by atoms with E-state index in [4.69, 9.17) is 9.97 Å². The average molecular weight is 703 g/mol. The first kappa shape index (κ1) is 40.0. The minimum atomic E-state index is -0.686. The molecular weight excluding hydrogens is 645 g/mol. The van der Waals surface area contributed by atoms with E-state index in [-0.39, 0.29) is 43.2 Å². The third-order valence-electron chi connectivity index (χ3n) is 7.88. The minimum Gasteiger partial charge on any atom is -0.256 e. The van der Waals surface area contributed by atoms with Crippen LogP contribution in [0, 0.1) is 0 Å². The Kier molecular flexibility index (Phi) is 14.9. The molecule has 0 atom stereocenters. The molecule has 246 valence electrons. The van der Waals surface area contributed by atoms with Gasteiger partial charge in [-0.25, -0.2) is 18.2 Å². The molecule has 0 fully saturated rings. The summed E-state index contributed by atoms with van der Waals surface area (Å²) in [6.07, 6.45) is 7.25. The van der Waals surface area contributed by atoms with E-state index in [2.05, 4.69) is 119 Å². The standard InChI is InChI=1S/C34H52N2P3.C5H5.Fe/c1-31(2,3)38(32(4,5)6)24-27-20-19-26(28(27)25-39(33(7,8)9)34(10,11)12)23-37(29-17-13-15-21-35-29)30-18-14-16-22-36-30;1-2-4-5-3-1;/h13-22H,23-25H2,1-12H3;1-5H;/q2*-1;+2. The molecule has 0 saturated carbocycles. The number of rotatable bonds is 8. The van der Waals surface area contributed by atoms with Gasteiger partial charge in [0.15, 0.2) is 0 Å². The van der Waals surface area contributed by atoms with Crippen molar-refractivity contribution in [2.75, 3.05) is 0 Å². The van der Waals surface area contributed by atoms with E-state index in [1.165, 1.54) is 28.8 Å². The molecule has 4 rings (SSSR count). The maximum absolute atomic E-state index is 4.84. The van der Waals surface area contributed by atoms with Crippen molar-refractivity contribution in [3.63, 3.8) is 0 Å². The molecule has 0 spiro atoms. The van der Waals surface area contributed by atoms with Crippen molar-refractivity contribution in [2.45, 2.75) is 122 Å². The molecule has 2 heterocycles. The third kappa shape index (κ3) is 12.1. The average Bonchev–Trinajstić information content (AvgIpc) is 3.61. The molecule has 4 aromatic rings. The van der Waals surface area contributed by atoms with Crippen molar-refractivity contribution in [1.82, 2.24) is 9.97 Å². The fourth-order valence-corrected chi connectivity index (χ4v) is 15.6. The van der Waals surface area contributed by atoms with Gasteiger partial charge in [0, 0.05) is 12.4 Å². The second kappa shape index (κ2) is 16.8. The van der Waals surface area contributed by atoms with Gasteiger partial charge in [-0.3, -0.25) is 9.97 Å². The molecule has 6 heteroatoms. The minimum absolute atomic E-state index is 0. The molecule has 0 amide bonds. The van der Waals surface area contributed by atoms with E-state index in [0.717, 1.165) is 6.16 Å². The predicted molar refractivity (Wildman–Crippen MR) is 203 cm³/mol. The van der Waals surface area contributed by atoms with Gasteiger partial charge in [-0.2, -0.15) is 35.4 Å². The van der Waals surface area contributed by atoms with Crippen LogP contribution in [0.25, 0.3) is 0 Å². The van der Waals surface area contributed by atoms with Crippen LogP contribution >= 0.6 is 23.8 Å². The summed E-state index contributed by atoms with van der Waals surface area (Å²) in [5, 5.41) is 1.17. The van der Waals surface area contributed by atoms with Crippen LogP contribution in [-0.4, -0.2) is 30.6 Å². The Bertz CT molecular complexity index is 1290. The molecule has 0 aliphatic heterocycles. The summed E-state index contributed by atoms with van der Waals surface area (Å²) in [5.41, 5.74) is 7.08. The van der Waals surface area contributed by atoms with Crippen LogP contribution in [0.1, 0.15) is 99.8 Å². The van der Waals surface area contributed by atoms with Crippen LogP contribution < -0.4 is 10.9 Å².